The largest absolute Gasteiger partial charge is 0.420 e. The van der Waals surface area contributed by atoms with Crippen LogP contribution in [-0.4, -0.2) is 27.8 Å². The Morgan fingerprint density at radius 3 is 2.58 bits per heavy atom. The van der Waals surface area contributed by atoms with Gasteiger partial charge in [0.25, 0.3) is 10.0 Å². The molecule has 7 nitrogen and oxygen atoms in total. The van der Waals surface area contributed by atoms with Gasteiger partial charge in [0.05, 0.1) is 27.5 Å². The summed E-state index contributed by atoms with van der Waals surface area (Å²) in [4.78, 5) is 0.158. The number of hydrogen-bond acceptors (Lipinski definition) is 6. The monoisotopic (exact) mass is 496 g/mol. The fourth-order valence-corrected chi connectivity index (χ4v) is 4.50. The molecule has 132 valence electrons. The zero-order valence-electron chi connectivity index (χ0n) is 13.0. The summed E-state index contributed by atoms with van der Waals surface area (Å²) in [5.74, 6) is 0.722. The minimum atomic E-state index is -3.83. The average Bonchev–Trinajstić information content (AvgIpc) is 3.29. The van der Waals surface area contributed by atoms with E-state index < -0.39 is 10.0 Å². The quantitative estimate of drug-likeness (QED) is 0.396. The topological polar surface area (TPSA) is 90.9 Å². The van der Waals surface area contributed by atoms with Crippen LogP contribution in [0, 0.1) is 0 Å². The second kappa shape index (κ2) is 6.60. The maximum absolute atomic E-state index is 12.9. The first-order chi connectivity index (χ1) is 12.5. The number of hydrogen-bond donors (Lipinski definition) is 0. The first kappa shape index (κ1) is 17.4. The number of fused-ring (bicyclic) bond motifs is 1. The van der Waals surface area contributed by atoms with Gasteiger partial charge in [0.15, 0.2) is 0 Å². The standard InChI is InChI=1S/C16H10Br2N4O3S/c17-8-15-20-21-16(25-15)12-6-10(18)7-14-13(12)9-19-22(14)26(23,24)11-4-2-1-3-5-11/h1-7,9H,8H2. The molecular weight excluding hydrogens is 488 g/mol. The highest BCUT2D eigenvalue weighted by Crippen LogP contribution is 2.33. The Morgan fingerprint density at radius 2 is 1.88 bits per heavy atom. The van der Waals surface area contributed by atoms with Crippen LogP contribution in [0.5, 0.6) is 0 Å². The van der Waals surface area contributed by atoms with Gasteiger partial charge >= 0.3 is 0 Å². The van der Waals surface area contributed by atoms with Gasteiger partial charge in [0.2, 0.25) is 11.8 Å². The highest BCUT2D eigenvalue weighted by Gasteiger charge is 2.23. The van der Waals surface area contributed by atoms with Crippen LogP contribution in [-0.2, 0) is 15.4 Å². The lowest BCUT2D eigenvalue weighted by Crippen LogP contribution is -2.14. The van der Waals surface area contributed by atoms with Crippen molar-refractivity contribution >= 4 is 52.8 Å². The van der Waals surface area contributed by atoms with Gasteiger partial charge in [-0.25, -0.2) is 0 Å². The van der Waals surface area contributed by atoms with E-state index in [1.165, 1.54) is 18.3 Å². The van der Waals surface area contributed by atoms with E-state index in [0.29, 0.717) is 38.1 Å². The predicted octanol–water partition coefficient (Wildman–Crippen LogP) is 3.98. The second-order valence-corrected chi connectivity index (χ2v) is 8.57. The number of rotatable bonds is 4. The Labute approximate surface area is 165 Å². The smallest absolute Gasteiger partial charge is 0.283 e. The second-order valence-electron chi connectivity index (χ2n) is 5.33. The molecule has 0 aliphatic rings. The third-order valence-electron chi connectivity index (χ3n) is 3.70. The third-order valence-corrected chi connectivity index (χ3v) is 6.25. The summed E-state index contributed by atoms with van der Waals surface area (Å²) in [7, 11) is -3.83. The summed E-state index contributed by atoms with van der Waals surface area (Å²) >= 11 is 6.67. The van der Waals surface area contributed by atoms with Crippen LogP contribution in [0.15, 0.2) is 62.4 Å². The van der Waals surface area contributed by atoms with Crippen LogP contribution in [0.4, 0.5) is 0 Å². The van der Waals surface area contributed by atoms with Gasteiger partial charge in [-0.05, 0) is 24.3 Å². The molecule has 0 saturated heterocycles. The van der Waals surface area contributed by atoms with Crippen LogP contribution in [0.1, 0.15) is 5.89 Å². The van der Waals surface area contributed by atoms with Crippen molar-refractivity contribution in [3.05, 3.63) is 59.0 Å². The molecule has 0 unspecified atom stereocenters. The van der Waals surface area contributed by atoms with Gasteiger partial charge < -0.3 is 4.42 Å². The fourth-order valence-electron chi connectivity index (χ4n) is 2.55. The maximum Gasteiger partial charge on any atom is 0.283 e. The van der Waals surface area contributed by atoms with Crippen molar-refractivity contribution in [2.24, 2.45) is 0 Å². The van der Waals surface area contributed by atoms with E-state index >= 15 is 0 Å². The van der Waals surface area contributed by atoms with E-state index in [1.807, 2.05) is 0 Å². The van der Waals surface area contributed by atoms with Crippen LogP contribution < -0.4 is 0 Å². The molecule has 2 aromatic heterocycles. The summed E-state index contributed by atoms with van der Waals surface area (Å²) in [6.45, 7) is 0. The van der Waals surface area contributed by atoms with Crippen LogP contribution >= 0.6 is 31.9 Å². The van der Waals surface area contributed by atoms with Gasteiger partial charge in [-0.2, -0.15) is 17.6 Å². The minimum Gasteiger partial charge on any atom is -0.420 e. The Bertz CT molecular complexity index is 1200. The molecule has 2 heterocycles. The van der Waals surface area contributed by atoms with E-state index in [-0.39, 0.29) is 4.90 Å². The molecule has 0 aliphatic heterocycles. The molecule has 0 spiro atoms. The molecule has 4 aromatic rings. The Hall–Kier alpha value is -2.04. The molecule has 10 heteroatoms. The van der Waals surface area contributed by atoms with Crippen molar-refractivity contribution in [3.8, 4) is 11.5 Å². The van der Waals surface area contributed by atoms with E-state index in [1.54, 1.807) is 30.3 Å². The van der Waals surface area contributed by atoms with Crippen LogP contribution in [0.3, 0.4) is 0 Å². The van der Waals surface area contributed by atoms with E-state index in [2.05, 4.69) is 47.2 Å². The SMILES string of the molecule is O=S(=O)(c1ccccc1)n1ncc2c(-c3nnc(CBr)o3)cc(Br)cc21. The molecule has 2 aromatic carbocycles. The van der Waals surface area contributed by atoms with Gasteiger partial charge in [0.1, 0.15) is 0 Å². The van der Waals surface area contributed by atoms with Gasteiger partial charge in [-0.15, -0.1) is 10.2 Å². The highest BCUT2D eigenvalue weighted by molar-refractivity contribution is 9.10. The molecule has 0 aliphatic carbocycles. The van der Waals surface area contributed by atoms with Crippen molar-refractivity contribution in [2.45, 2.75) is 10.2 Å². The van der Waals surface area contributed by atoms with E-state index in [0.717, 1.165) is 4.09 Å². The number of alkyl halides is 1. The molecule has 0 N–H and O–H groups in total. The predicted molar refractivity (Wildman–Crippen MR) is 102 cm³/mol. The van der Waals surface area contributed by atoms with Crippen molar-refractivity contribution < 1.29 is 12.8 Å². The minimum absolute atomic E-state index is 0.158. The number of nitrogens with zero attached hydrogens (tertiary/aromatic N) is 4. The van der Waals surface area contributed by atoms with E-state index in [9.17, 15) is 8.42 Å². The van der Waals surface area contributed by atoms with Gasteiger partial charge in [-0.3, -0.25) is 0 Å². The van der Waals surface area contributed by atoms with E-state index in [4.69, 9.17) is 4.42 Å². The van der Waals surface area contributed by atoms with Gasteiger partial charge in [0, 0.05) is 9.86 Å². The third kappa shape index (κ3) is 2.87. The Morgan fingerprint density at radius 1 is 1.12 bits per heavy atom. The summed E-state index contributed by atoms with van der Waals surface area (Å²) in [6.07, 6.45) is 1.48. The van der Waals surface area contributed by atoms with Crippen LogP contribution in [0.2, 0.25) is 0 Å². The molecule has 0 atom stereocenters. The fraction of sp³-hybridized carbons (Fsp3) is 0.0625. The van der Waals surface area contributed by atoms with Gasteiger partial charge in [-0.1, -0.05) is 50.1 Å². The zero-order valence-corrected chi connectivity index (χ0v) is 17.0. The zero-order chi connectivity index (χ0) is 18.3. The Kier molecular flexibility index (Phi) is 4.41. The molecule has 26 heavy (non-hydrogen) atoms. The number of aromatic nitrogens is 4. The summed E-state index contributed by atoms with van der Waals surface area (Å²) in [5.41, 5.74) is 1.01. The molecule has 0 amide bonds. The van der Waals surface area contributed by atoms with Crippen molar-refractivity contribution in [3.63, 3.8) is 0 Å². The molecule has 0 bridgehead atoms. The molecule has 0 fully saturated rings. The first-order valence-corrected chi connectivity index (χ1v) is 10.7. The molecular formula is C16H10Br2N4O3S. The molecule has 0 saturated carbocycles. The Balaban J connectivity index is 1.95. The molecule has 4 rings (SSSR count). The maximum atomic E-state index is 12.9. The van der Waals surface area contributed by atoms with Crippen molar-refractivity contribution in [1.29, 1.82) is 0 Å². The summed E-state index contributed by atoms with van der Waals surface area (Å²) in [5, 5.41) is 13.1. The van der Waals surface area contributed by atoms with Crippen LogP contribution in [0.25, 0.3) is 22.4 Å². The van der Waals surface area contributed by atoms with Crippen molar-refractivity contribution in [2.75, 3.05) is 0 Å². The number of halogens is 2. The summed E-state index contributed by atoms with van der Waals surface area (Å²) < 4.78 is 33.2. The lowest BCUT2D eigenvalue weighted by Gasteiger charge is -2.07. The molecule has 0 radical (unpaired) electrons. The summed E-state index contributed by atoms with van der Waals surface area (Å²) in [6, 6.07) is 11.6. The lowest BCUT2D eigenvalue weighted by atomic mass is 10.1. The highest BCUT2D eigenvalue weighted by atomic mass is 79.9. The van der Waals surface area contributed by atoms with Crippen molar-refractivity contribution in [1.82, 2.24) is 19.4 Å². The average molecular weight is 498 g/mol. The number of benzene rings is 2. The first-order valence-electron chi connectivity index (χ1n) is 7.37. The normalized spacial score (nSPS) is 11.9. The lowest BCUT2D eigenvalue weighted by molar-refractivity contribution is 0.530.